The fourth-order valence-corrected chi connectivity index (χ4v) is 4.93. The smallest absolute Gasteiger partial charge is 0.243 e. The SMILES string of the molecule is CC(=O)c1ccc(S(=O)(=O)N2CCn3nc4c(c3C2)CCC4)cc1. The molecule has 2 aromatic rings. The van der Waals surface area contributed by atoms with Gasteiger partial charge in [0.25, 0.3) is 0 Å². The summed E-state index contributed by atoms with van der Waals surface area (Å²) in [5.74, 6) is -0.0728. The molecule has 0 saturated carbocycles. The van der Waals surface area contributed by atoms with Crippen LogP contribution in [0.3, 0.4) is 0 Å². The van der Waals surface area contributed by atoms with E-state index in [0.29, 0.717) is 25.2 Å². The van der Waals surface area contributed by atoms with Crippen molar-refractivity contribution in [2.45, 2.75) is 44.2 Å². The van der Waals surface area contributed by atoms with Gasteiger partial charge in [0, 0.05) is 12.1 Å². The first-order chi connectivity index (χ1) is 11.5. The standard InChI is InChI=1S/C17H19N3O3S/c1-12(21)13-5-7-14(8-6-13)24(22,23)19-9-10-20-17(11-19)15-3-2-4-16(15)18-20/h5-8H,2-4,9-11H2,1H3. The van der Waals surface area contributed by atoms with Crippen LogP contribution in [-0.4, -0.2) is 34.8 Å². The van der Waals surface area contributed by atoms with Crippen molar-refractivity contribution in [2.24, 2.45) is 0 Å². The molecule has 4 rings (SSSR count). The highest BCUT2D eigenvalue weighted by Gasteiger charge is 2.32. The quantitative estimate of drug-likeness (QED) is 0.795. The van der Waals surface area contributed by atoms with Crippen LogP contribution in [-0.2, 0) is 36.0 Å². The summed E-state index contributed by atoms with van der Waals surface area (Å²) in [5, 5.41) is 4.61. The minimum Gasteiger partial charge on any atom is -0.295 e. The molecular formula is C17H19N3O3S. The number of fused-ring (bicyclic) bond motifs is 3. The average molecular weight is 345 g/mol. The summed E-state index contributed by atoms with van der Waals surface area (Å²) in [6.45, 7) is 2.85. The number of Topliss-reactive ketones (excluding diaryl/α,β-unsaturated/α-hetero) is 1. The lowest BCUT2D eigenvalue weighted by Crippen LogP contribution is -2.38. The van der Waals surface area contributed by atoms with E-state index in [9.17, 15) is 13.2 Å². The Hall–Kier alpha value is -1.99. The zero-order valence-corrected chi connectivity index (χ0v) is 14.3. The molecule has 1 aliphatic carbocycles. The van der Waals surface area contributed by atoms with Gasteiger partial charge in [0.05, 0.1) is 29.4 Å². The van der Waals surface area contributed by atoms with Crippen LogP contribution in [0.15, 0.2) is 29.2 Å². The molecule has 0 N–H and O–H groups in total. The summed E-state index contributed by atoms with van der Waals surface area (Å²) >= 11 is 0. The van der Waals surface area contributed by atoms with Gasteiger partial charge in [-0.25, -0.2) is 8.42 Å². The number of aromatic nitrogens is 2. The number of hydrogen-bond acceptors (Lipinski definition) is 4. The molecule has 0 fully saturated rings. The molecule has 1 aliphatic heterocycles. The van der Waals surface area contributed by atoms with Crippen molar-refractivity contribution in [3.8, 4) is 0 Å². The summed E-state index contributed by atoms with van der Waals surface area (Å²) in [7, 11) is -3.56. The van der Waals surface area contributed by atoms with Crippen LogP contribution in [0.1, 0.15) is 40.7 Å². The Labute approximate surface area is 141 Å². The number of benzene rings is 1. The van der Waals surface area contributed by atoms with E-state index in [1.54, 1.807) is 12.1 Å². The molecule has 0 bridgehead atoms. The maximum atomic E-state index is 12.9. The highest BCUT2D eigenvalue weighted by molar-refractivity contribution is 7.89. The highest BCUT2D eigenvalue weighted by Crippen LogP contribution is 2.30. The number of sulfonamides is 1. The van der Waals surface area contributed by atoms with E-state index >= 15 is 0 Å². The average Bonchev–Trinajstić information content (AvgIpc) is 3.15. The molecule has 0 saturated heterocycles. The second-order valence-corrected chi connectivity index (χ2v) is 8.31. The summed E-state index contributed by atoms with van der Waals surface area (Å²) in [5.41, 5.74) is 3.93. The first-order valence-corrected chi connectivity index (χ1v) is 9.59. The van der Waals surface area contributed by atoms with Crippen LogP contribution < -0.4 is 0 Å². The molecule has 24 heavy (non-hydrogen) atoms. The zero-order chi connectivity index (χ0) is 16.9. The fraction of sp³-hybridized carbons (Fsp3) is 0.412. The summed E-state index contributed by atoms with van der Waals surface area (Å²) in [4.78, 5) is 11.6. The summed E-state index contributed by atoms with van der Waals surface area (Å²) in [6, 6.07) is 6.17. The summed E-state index contributed by atoms with van der Waals surface area (Å²) < 4.78 is 29.3. The molecule has 1 aromatic heterocycles. The maximum Gasteiger partial charge on any atom is 0.243 e. The molecule has 1 aromatic carbocycles. The first-order valence-electron chi connectivity index (χ1n) is 8.15. The van der Waals surface area contributed by atoms with Crippen molar-refractivity contribution in [2.75, 3.05) is 6.54 Å². The largest absolute Gasteiger partial charge is 0.295 e. The van der Waals surface area contributed by atoms with E-state index in [2.05, 4.69) is 5.10 Å². The van der Waals surface area contributed by atoms with Crippen molar-refractivity contribution in [3.05, 3.63) is 46.8 Å². The van der Waals surface area contributed by atoms with Gasteiger partial charge in [0.15, 0.2) is 5.78 Å². The van der Waals surface area contributed by atoms with E-state index in [1.807, 2.05) is 4.68 Å². The Morgan fingerprint density at radius 3 is 2.58 bits per heavy atom. The molecule has 0 unspecified atom stereocenters. The van der Waals surface area contributed by atoms with Crippen molar-refractivity contribution in [1.29, 1.82) is 0 Å². The highest BCUT2D eigenvalue weighted by atomic mass is 32.2. The third kappa shape index (κ3) is 2.39. The number of hydrogen-bond donors (Lipinski definition) is 0. The van der Waals surface area contributed by atoms with Gasteiger partial charge >= 0.3 is 0 Å². The Kier molecular flexibility index (Phi) is 3.58. The van der Waals surface area contributed by atoms with Crippen LogP contribution in [0.25, 0.3) is 0 Å². The predicted octanol–water partition coefficient (Wildman–Crippen LogP) is 1.78. The number of carbonyl (C=O) groups excluding carboxylic acids is 1. The van der Waals surface area contributed by atoms with Crippen molar-refractivity contribution in [3.63, 3.8) is 0 Å². The Morgan fingerprint density at radius 1 is 1.12 bits per heavy atom. The van der Waals surface area contributed by atoms with Gasteiger partial charge in [-0.2, -0.15) is 9.40 Å². The van der Waals surface area contributed by atoms with Crippen LogP contribution in [0.5, 0.6) is 0 Å². The fourth-order valence-electron chi connectivity index (χ4n) is 3.54. The maximum absolute atomic E-state index is 12.9. The predicted molar refractivity (Wildman–Crippen MR) is 88.3 cm³/mol. The normalized spacial score (nSPS) is 17.5. The van der Waals surface area contributed by atoms with Crippen molar-refractivity contribution >= 4 is 15.8 Å². The van der Waals surface area contributed by atoms with Crippen molar-refractivity contribution in [1.82, 2.24) is 14.1 Å². The molecule has 6 nitrogen and oxygen atoms in total. The van der Waals surface area contributed by atoms with Gasteiger partial charge in [0.1, 0.15) is 0 Å². The van der Waals surface area contributed by atoms with Crippen molar-refractivity contribution < 1.29 is 13.2 Å². The van der Waals surface area contributed by atoms with E-state index in [0.717, 1.165) is 30.7 Å². The lowest BCUT2D eigenvalue weighted by atomic mass is 10.2. The second kappa shape index (κ2) is 5.53. The molecule has 126 valence electrons. The minimum absolute atomic E-state index is 0.0728. The molecule has 0 atom stereocenters. The first kappa shape index (κ1) is 15.5. The van der Waals surface area contributed by atoms with E-state index in [-0.39, 0.29) is 10.7 Å². The molecule has 0 radical (unpaired) electrons. The molecule has 2 aliphatic rings. The van der Waals surface area contributed by atoms with E-state index < -0.39 is 10.0 Å². The minimum atomic E-state index is -3.56. The number of aryl methyl sites for hydroxylation is 1. The number of carbonyl (C=O) groups is 1. The van der Waals surface area contributed by atoms with E-state index in [4.69, 9.17) is 0 Å². The number of rotatable bonds is 3. The van der Waals surface area contributed by atoms with Crippen LogP contribution in [0.2, 0.25) is 0 Å². The van der Waals surface area contributed by atoms with Gasteiger partial charge in [-0.15, -0.1) is 0 Å². The lowest BCUT2D eigenvalue weighted by molar-refractivity contribution is 0.101. The summed E-state index contributed by atoms with van der Waals surface area (Å²) in [6.07, 6.45) is 3.09. The monoisotopic (exact) mass is 345 g/mol. The third-order valence-corrected chi connectivity index (χ3v) is 6.74. The molecule has 7 heteroatoms. The van der Waals surface area contributed by atoms with Crippen LogP contribution in [0, 0.1) is 0 Å². The zero-order valence-electron chi connectivity index (χ0n) is 13.5. The van der Waals surface area contributed by atoms with Gasteiger partial charge in [0.2, 0.25) is 10.0 Å². The lowest BCUT2D eigenvalue weighted by Gasteiger charge is -2.27. The molecular weight excluding hydrogens is 326 g/mol. The van der Waals surface area contributed by atoms with Gasteiger partial charge in [-0.05, 0) is 43.9 Å². The second-order valence-electron chi connectivity index (χ2n) is 6.37. The van der Waals surface area contributed by atoms with E-state index in [1.165, 1.54) is 28.9 Å². The number of ketones is 1. The Balaban J connectivity index is 1.64. The van der Waals surface area contributed by atoms with Gasteiger partial charge in [-0.1, -0.05) is 12.1 Å². The number of nitrogens with zero attached hydrogens (tertiary/aromatic N) is 3. The van der Waals surface area contributed by atoms with Crippen LogP contribution in [0.4, 0.5) is 0 Å². The Morgan fingerprint density at radius 2 is 1.88 bits per heavy atom. The van der Waals surface area contributed by atoms with Gasteiger partial charge < -0.3 is 0 Å². The third-order valence-electron chi connectivity index (χ3n) is 4.88. The molecule has 0 spiro atoms. The molecule has 0 amide bonds. The topological polar surface area (TPSA) is 72.3 Å². The van der Waals surface area contributed by atoms with Crippen LogP contribution >= 0.6 is 0 Å². The van der Waals surface area contributed by atoms with Gasteiger partial charge in [-0.3, -0.25) is 9.48 Å². The Bertz CT molecular complexity index is 913. The molecule has 2 heterocycles.